The Morgan fingerprint density at radius 3 is 2.91 bits per heavy atom. The number of benzene rings is 2. The van der Waals surface area contributed by atoms with E-state index < -0.39 is 11.6 Å². The minimum absolute atomic E-state index is 0.0964. The van der Waals surface area contributed by atoms with Gasteiger partial charge in [-0.2, -0.15) is 5.10 Å². The molecule has 2 N–H and O–H groups in total. The molecule has 0 atom stereocenters. The number of thiophene rings is 1. The van der Waals surface area contributed by atoms with Gasteiger partial charge < -0.3 is 15.2 Å². The van der Waals surface area contributed by atoms with Crippen LogP contribution in [-0.4, -0.2) is 45.5 Å². The van der Waals surface area contributed by atoms with Crippen LogP contribution in [-0.2, 0) is 6.42 Å². The zero-order chi connectivity index (χ0) is 22.9. The summed E-state index contributed by atoms with van der Waals surface area (Å²) in [6.07, 6.45) is 1.97. The predicted molar refractivity (Wildman–Crippen MR) is 119 cm³/mol. The molecule has 0 fully saturated rings. The summed E-state index contributed by atoms with van der Waals surface area (Å²) in [5, 5.41) is 15.7. The van der Waals surface area contributed by atoms with Crippen molar-refractivity contribution < 1.29 is 23.4 Å². The Morgan fingerprint density at radius 2 is 2.09 bits per heavy atom. The van der Waals surface area contributed by atoms with Crippen LogP contribution < -0.4 is 10.1 Å². The van der Waals surface area contributed by atoms with E-state index in [4.69, 9.17) is 9.84 Å². The number of hydrogen-bond donors (Lipinski definition) is 2. The van der Waals surface area contributed by atoms with E-state index >= 15 is 0 Å². The summed E-state index contributed by atoms with van der Waals surface area (Å²) < 4.78 is 35.0. The maximum Gasteiger partial charge on any atom is 0.251 e. The lowest BCUT2D eigenvalue weighted by molar-refractivity contribution is 0.0945. The number of hydrogen-bond acceptors (Lipinski definition) is 6. The molecule has 0 aliphatic carbocycles. The molecular weight excluding hydrogens is 450 g/mol. The molecule has 1 aliphatic heterocycles. The number of rotatable bonds is 5. The first-order valence-corrected chi connectivity index (χ1v) is 11.0. The van der Waals surface area contributed by atoms with E-state index in [2.05, 4.69) is 15.4 Å². The van der Waals surface area contributed by atoms with Gasteiger partial charge >= 0.3 is 0 Å². The van der Waals surface area contributed by atoms with Crippen LogP contribution in [0.15, 0.2) is 48.8 Å². The van der Waals surface area contributed by atoms with Crippen molar-refractivity contribution in [1.29, 1.82) is 0 Å². The van der Waals surface area contributed by atoms with Crippen molar-refractivity contribution in [2.75, 3.05) is 19.8 Å². The number of nitrogens with one attached hydrogen (secondary N) is 1. The van der Waals surface area contributed by atoms with Crippen molar-refractivity contribution in [3.05, 3.63) is 71.6 Å². The maximum absolute atomic E-state index is 14.4. The van der Waals surface area contributed by atoms with Gasteiger partial charge in [0.15, 0.2) is 11.6 Å². The van der Waals surface area contributed by atoms with Crippen molar-refractivity contribution in [3.8, 4) is 32.6 Å². The summed E-state index contributed by atoms with van der Waals surface area (Å²) in [5.74, 6) is -0.612. The second-order valence-electron chi connectivity index (χ2n) is 7.35. The zero-order valence-corrected chi connectivity index (χ0v) is 18.0. The summed E-state index contributed by atoms with van der Waals surface area (Å²) >= 11 is 1.43. The highest BCUT2D eigenvalue weighted by Crippen LogP contribution is 2.44. The standard InChI is InChI=1S/C23H18F2N4O3S/c24-15-2-3-18(17(25)11-15)29-22(27-12-28-29)20-10-13-5-8-32-19-4-1-14(23(31)26-6-7-30)9-16(19)21(13)33-20/h1-4,9-12,30H,5-8H2,(H,26,31). The lowest BCUT2D eigenvalue weighted by Gasteiger charge is -2.10. The molecule has 2 aromatic carbocycles. The van der Waals surface area contributed by atoms with E-state index in [9.17, 15) is 13.6 Å². The number of amides is 1. The fraction of sp³-hybridized carbons (Fsp3) is 0.174. The average molecular weight is 468 g/mol. The van der Waals surface area contributed by atoms with Crippen LogP contribution in [0.3, 0.4) is 0 Å². The maximum atomic E-state index is 14.4. The Hall–Kier alpha value is -3.63. The molecule has 0 spiro atoms. The van der Waals surface area contributed by atoms with Crippen LogP contribution in [0.4, 0.5) is 8.78 Å². The fourth-order valence-corrected chi connectivity index (χ4v) is 4.92. The molecule has 168 valence electrons. The molecule has 1 aliphatic rings. The summed E-state index contributed by atoms with van der Waals surface area (Å²) in [5.41, 5.74) is 2.33. The number of aliphatic hydroxyl groups excluding tert-OH is 1. The number of carbonyl (C=O) groups excluding carboxylic acids is 1. The van der Waals surface area contributed by atoms with E-state index in [1.807, 2.05) is 6.07 Å². The van der Waals surface area contributed by atoms with Crippen LogP contribution >= 0.6 is 11.3 Å². The monoisotopic (exact) mass is 468 g/mol. The minimum atomic E-state index is -0.739. The van der Waals surface area contributed by atoms with Crippen LogP contribution in [0, 0.1) is 11.6 Å². The molecule has 10 heteroatoms. The second kappa shape index (κ2) is 8.72. The van der Waals surface area contributed by atoms with E-state index in [0.717, 1.165) is 26.9 Å². The highest BCUT2D eigenvalue weighted by Gasteiger charge is 2.23. The summed E-state index contributed by atoms with van der Waals surface area (Å²) in [4.78, 5) is 18.4. The van der Waals surface area contributed by atoms with E-state index in [0.29, 0.717) is 30.2 Å². The normalized spacial score (nSPS) is 12.5. The number of fused-ring (bicyclic) bond motifs is 3. The first-order chi connectivity index (χ1) is 16.0. The minimum Gasteiger partial charge on any atom is -0.493 e. The molecule has 4 aromatic rings. The molecule has 33 heavy (non-hydrogen) atoms. The third-order valence-corrected chi connectivity index (χ3v) is 6.43. The molecule has 1 amide bonds. The quantitative estimate of drug-likeness (QED) is 0.467. The number of ether oxygens (including phenoxy) is 1. The molecule has 0 saturated carbocycles. The predicted octanol–water partition coefficient (Wildman–Crippen LogP) is 3.60. The van der Waals surface area contributed by atoms with Gasteiger partial charge in [-0.1, -0.05) is 0 Å². The van der Waals surface area contributed by atoms with Gasteiger partial charge in [-0.05, 0) is 42.0 Å². The fourth-order valence-electron chi connectivity index (χ4n) is 3.71. The number of nitrogens with zero attached hydrogens (tertiary/aromatic N) is 3. The molecule has 0 saturated heterocycles. The Morgan fingerprint density at radius 1 is 1.21 bits per heavy atom. The van der Waals surface area contributed by atoms with Crippen molar-refractivity contribution >= 4 is 17.2 Å². The number of aliphatic hydroxyl groups is 1. The van der Waals surface area contributed by atoms with Gasteiger partial charge in [0, 0.05) is 35.0 Å². The van der Waals surface area contributed by atoms with Crippen molar-refractivity contribution in [2.45, 2.75) is 6.42 Å². The van der Waals surface area contributed by atoms with Gasteiger partial charge in [0.05, 0.1) is 18.1 Å². The Kier molecular flexibility index (Phi) is 5.61. The number of aromatic nitrogens is 3. The Balaban J connectivity index is 1.57. The topological polar surface area (TPSA) is 89.3 Å². The van der Waals surface area contributed by atoms with Gasteiger partial charge in [0.1, 0.15) is 23.6 Å². The molecule has 3 heterocycles. The van der Waals surface area contributed by atoms with Crippen LogP contribution in [0.1, 0.15) is 15.9 Å². The van der Waals surface area contributed by atoms with Gasteiger partial charge in [-0.25, -0.2) is 18.4 Å². The van der Waals surface area contributed by atoms with Gasteiger partial charge in [0.2, 0.25) is 0 Å². The van der Waals surface area contributed by atoms with Crippen molar-refractivity contribution in [2.24, 2.45) is 0 Å². The summed E-state index contributed by atoms with van der Waals surface area (Å²) in [6.45, 7) is 0.482. The lowest BCUT2D eigenvalue weighted by Crippen LogP contribution is -2.26. The summed E-state index contributed by atoms with van der Waals surface area (Å²) in [7, 11) is 0. The molecule has 7 nitrogen and oxygen atoms in total. The number of carbonyl (C=O) groups is 1. The van der Waals surface area contributed by atoms with Crippen molar-refractivity contribution in [1.82, 2.24) is 20.1 Å². The number of halogens is 2. The van der Waals surface area contributed by atoms with E-state index in [1.165, 1.54) is 34.5 Å². The lowest BCUT2D eigenvalue weighted by atomic mass is 10.0. The second-order valence-corrected chi connectivity index (χ2v) is 8.40. The third-order valence-electron chi connectivity index (χ3n) is 5.23. The largest absolute Gasteiger partial charge is 0.493 e. The first-order valence-electron chi connectivity index (χ1n) is 10.2. The van der Waals surface area contributed by atoms with Gasteiger partial charge in [-0.15, -0.1) is 11.3 Å². The first kappa shape index (κ1) is 21.2. The molecule has 0 unspecified atom stereocenters. The summed E-state index contributed by atoms with van der Waals surface area (Å²) in [6, 6.07) is 10.5. The smallest absolute Gasteiger partial charge is 0.251 e. The van der Waals surface area contributed by atoms with Crippen LogP contribution in [0.2, 0.25) is 0 Å². The molecule has 0 radical (unpaired) electrons. The van der Waals surface area contributed by atoms with E-state index in [1.54, 1.807) is 18.2 Å². The molecule has 0 bridgehead atoms. The Labute approximate surface area is 191 Å². The van der Waals surface area contributed by atoms with Gasteiger partial charge in [-0.3, -0.25) is 4.79 Å². The SMILES string of the molecule is O=C(NCCO)c1ccc2c(c1)-c1sc(-c3ncnn3-c3ccc(F)cc3F)cc1CCO2. The van der Waals surface area contributed by atoms with E-state index in [-0.39, 0.29) is 24.7 Å². The molecule has 5 rings (SSSR count). The third kappa shape index (κ3) is 3.98. The van der Waals surface area contributed by atoms with Gasteiger partial charge in [0.25, 0.3) is 5.91 Å². The van der Waals surface area contributed by atoms with Crippen LogP contribution in [0.25, 0.3) is 26.8 Å². The molecule has 2 aromatic heterocycles. The van der Waals surface area contributed by atoms with Crippen LogP contribution in [0.5, 0.6) is 5.75 Å². The zero-order valence-electron chi connectivity index (χ0n) is 17.2. The van der Waals surface area contributed by atoms with Crippen molar-refractivity contribution in [3.63, 3.8) is 0 Å². The highest BCUT2D eigenvalue weighted by molar-refractivity contribution is 7.19. The average Bonchev–Trinajstić information content (AvgIpc) is 3.41. The highest BCUT2D eigenvalue weighted by atomic mass is 32.1. The molecular formula is C23H18F2N4O3S. The Bertz CT molecular complexity index is 1350.